The van der Waals surface area contributed by atoms with Crippen LogP contribution < -0.4 is 4.74 Å². The molecule has 0 aliphatic carbocycles. The van der Waals surface area contributed by atoms with E-state index in [-0.39, 0.29) is 17.6 Å². The van der Waals surface area contributed by atoms with Gasteiger partial charge in [0, 0.05) is 19.5 Å². The van der Waals surface area contributed by atoms with Crippen LogP contribution in [0.5, 0.6) is 5.75 Å². The number of nitriles is 1. The molecule has 1 fully saturated rings. The Morgan fingerprint density at radius 1 is 1.41 bits per heavy atom. The maximum atomic E-state index is 12.4. The Morgan fingerprint density at radius 2 is 2.18 bits per heavy atom. The number of carbonyl (C=O) groups is 1. The van der Waals surface area contributed by atoms with E-state index >= 15 is 0 Å². The van der Waals surface area contributed by atoms with Crippen molar-refractivity contribution in [3.05, 3.63) is 34.9 Å². The predicted octanol–water partition coefficient (Wildman–Crippen LogP) is 1.78. The van der Waals surface area contributed by atoms with Crippen molar-refractivity contribution in [1.29, 1.82) is 5.26 Å². The number of fused-ring (bicyclic) bond motifs is 1. The second kappa shape index (κ2) is 6.20. The number of carbonyl (C=O) groups excluding carboxylic acids is 1. The average molecular weight is 298 g/mol. The first-order chi connectivity index (χ1) is 10.7. The minimum absolute atomic E-state index is 0.161. The van der Waals surface area contributed by atoms with Crippen LogP contribution >= 0.6 is 0 Å². The van der Waals surface area contributed by atoms with E-state index < -0.39 is 0 Å². The third kappa shape index (κ3) is 2.97. The van der Waals surface area contributed by atoms with Gasteiger partial charge in [-0.15, -0.1) is 0 Å². The molecule has 1 aromatic carbocycles. The van der Waals surface area contributed by atoms with Gasteiger partial charge in [0.1, 0.15) is 23.5 Å². The Bertz CT molecular complexity index is 654. The van der Waals surface area contributed by atoms with Crippen LogP contribution in [0, 0.1) is 11.3 Å². The van der Waals surface area contributed by atoms with Crippen molar-refractivity contribution in [1.82, 2.24) is 4.90 Å². The predicted molar refractivity (Wildman–Crippen MR) is 81.2 cm³/mol. The molecular weight excluding hydrogens is 280 g/mol. The maximum absolute atomic E-state index is 12.4. The van der Waals surface area contributed by atoms with Crippen molar-refractivity contribution < 1.29 is 14.3 Å². The zero-order valence-electron chi connectivity index (χ0n) is 12.5. The van der Waals surface area contributed by atoms with Crippen LogP contribution in [-0.2, 0) is 16.0 Å². The lowest BCUT2D eigenvalue weighted by atomic mass is 10.0. The molecule has 2 aliphatic heterocycles. The van der Waals surface area contributed by atoms with E-state index in [1.807, 2.05) is 31.2 Å². The second-order valence-electron chi connectivity index (χ2n) is 5.57. The van der Waals surface area contributed by atoms with Crippen LogP contribution in [0.3, 0.4) is 0 Å². The SMILES string of the molecule is C[C@@H]1Cc2cc(/C=C(/C#N)C(=O)N3CCOCC3)ccc2O1. The molecule has 0 spiro atoms. The molecule has 0 saturated carbocycles. The van der Waals surface area contributed by atoms with Crippen molar-refractivity contribution >= 4 is 12.0 Å². The lowest BCUT2D eigenvalue weighted by Gasteiger charge is -2.26. The molecule has 5 nitrogen and oxygen atoms in total. The Hall–Kier alpha value is -2.32. The fourth-order valence-electron chi connectivity index (χ4n) is 2.78. The average Bonchev–Trinajstić information content (AvgIpc) is 2.92. The third-order valence-electron chi connectivity index (χ3n) is 3.88. The second-order valence-corrected chi connectivity index (χ2v) is 5.57. The van der Waals surface area contributed by atoms with Crippen LogP contribution in [0.15, 0.2) is 23.8 Å². The van der Waals surface area contributed by atoms with Gasteiger partial charge in [0.25, 0.3) is 5.91 Å². The number of morpholine rings is 1. The molecule has 1 atom stereocenters. The van der Waals surface area contributed by atoms with Gasteiger partial charge in [-0.1, -0.05) is 6.07 Å². The molecule has 22 heavy (non-hydrogen) atoms. The number of hydrogen-bond acceptors (Lipinski definition) is 4. The fourth-order valence-corrected chi connectivity index (χ4v) is 2.78. The maximum Gasteiger partial charge on any atom is 0.264 e. The highest BCUT2D eigenvalue weighted by atomic mass is 16.5. The molecular formula is C17H18N2O3. The van der Waals surface area contributed by atoms with Crippen molar-refractivity contribution in [3.63, 3.8) is 0 Å². The molecule has 2 heterocycles. The molecule has 2 aliphatic rings. The topological polar surface area (TPSA) is 62.6 Å². The molecule has 0 unspecified atom stereocenters. The highest BCUT2D eigenvalue weighted by Crippen LogP contribution is 2.30. The molecule has 114 valence electrons. The van der Waals surface area contributed by atoms with Gasteiger partial charge >= 0.3 is 0 Å². The van der Waals surface area contributed by atoms with Crippen molar-refractivity contribution in [2.75, 3.05) is 26.3 Å². The van der Waals surface area contributed by atoms with Gasteiger partial charge in [-0.2, -0.15) is 5.26 Å². The summed E-state index contributed by atoms with van der Waals surface area (Å²) in [6, 6.07) is 7.79. The van der Waals surface area contributed by atoms with Gasteiger partial charge in [-0.3, -0.25) is 4.79 Å². The monoisotopic (exact) mass is 298 g/mol. The zero-order chi connectivity index (χ0) is 15.5. The van der Waals surface area contributed by atoms with E-state index in [4.69, 9.17) is 9.47 Å². The van der Waals surface area contributed by atoms with E-state index in [1.165, 1.54) is 0 Å². The quantitative estimate of drug-likeness (QED) is 0.617. The summed E-state index contributed by atoms with van der Waals surface area (Å²) in [5.74, 6) is 0.665. The molecule has 0 radical (unpaired) electrons. The molecule has 5 heteroatoms. The fraction of sp³-hybridized carbons (Fsp3) is 0.412. The number of rotatable bonds is 2. The van der Waals surface area contributed by atoms with Crippen molar-refractivity contribution in [3.8, 4) is 11.8 Å². The number of nitrogens with zero attached hydrogens (tertiary/aromatic N) is 2. The van der Waals surface area contributed by atoms with Gasteiger partial charge in [0.2, 0.25) is 0 Å². The van der Waals surface area contributed by atoms with Crippen LogP contribution in [-0.4, -0.2) is 43.2 Å². The lowest BCUT2D eigenvalue weighted by Crippen LogP contribution is -2.41. The largest absolute Gasteiger partial charge is 0.490 e. The van der Waals surface area contributed by atoms with E-state index in [1.54, 1.807) is 11.0 Å². The molecule has 0 N–H and O–H groups in total. The Morgan fingerprint density at radius 3 is 2.91 bits per heavy atom. The molecule has 1 saturated heterocycles. The summed E-state index contributed by atoms with van der Waals surface area (Å²) in [6.45, 7) is 4.15. The standard InChI is InChI=1S/C17H18N2O3/c1-12-8-14-9-13(2-3-16(14)22-12)10-15(11-18)17(20)19-4-6-21-7-5-19/h2-3,9-10,12H,4-8H2,1H3/b15-10-/t12-/m1/s1. The van der Waals surface area contributed by atoms with Crippen molar-refractivity contribution in [2.24, 2.45) is 0 Å². The zero-order valence-corrected chi connectivity index (χ0v) is 12.5. The number of ether oxygens (including phenoxy) is 2. The van der Waals surface area contributed by atoms with Crippen LogP contribution in [0.2, 0.25) is 0 Å². The van der Waals surface area contributed by atoms with Gasteiger partial charge in [-0.25, -0.2) is 0 Å². The molecule has 0 bridgehead atoms. The highest BCUT2D eigenvalue weighted by molar-refractivity contribution is 6.01. The number of hydrogen-bond donors (Lipinski definition) is 0. The third-order valence-corrected chi connectivity index (χ3v) is 3.88. The summed E-state index contributed by atoms with van der Waals surface area (Å²) < 4.78 is 10.9. The van der Waals surface area contributed by atoms with E-state index in [9.17, 15) is 10.1 Å². The van der Waals surface area contributed by atoms with Crippen molar-refractivity contribution in [2.45, 2.75) is 19.4 Å². The Labute approximate surface area is 129 Å². The van der Waals surface area contributed by atoms with Crippen LogP contribution in [0.4, 0.5) is 0 Å². The summed E-state index contributed by atoms with van der Waals surface area (Å²) in [5.41, 5.74) is 2.14. The molecule has 1 aromatic rings. The summed E-state index contributed by atoms with van der Waals surface area (Å²) in [6.07, 6.45) is 2.69. The lowest BCUT2D eigenvalue weighted by molar-refractivity contribution is -0.130. The summed E-state index contributed by atoms with van der Waals surface area (Å²) in [4.78, 5) is 14.0. The van der Waals surface area contributed by atoms with E-state index in [0.29, 0.717) is 26.3 Å². The highest BCUT2D eigenvalue weighted by Gasteiger charge is 2.22. The molecule has 3 rings (SSSR count). The van der Waals surface area contributed by atoms with Gasteiger partial charge in [0.15, 0.2) is 0 Å². The van der Waals surface area contributed by atoms with Crippen LogP contribution in [0.1, 0.15) is 18.1 Å². The Kier molecular flexibility index (Phi) is 4.12. The number of benzene rings is 1. The molecule has 0 aromatic heterocycles. The van der Waals surface area contributed by atoms with Gasteiger partial charge in [-0.05, 0) is 36.3 Å². The first-order valence-corrected chi connectivity index (χ1v) is 7.46. The first kappa shape index (κ1) is 14.6. The van der Waals surface area contributed by atoms with E-state index in [2.05, 4.69) is 0 Å². The normalized spacial score (nSPS) is 21.0. The van der Waals surface area contributed by atoms with Gasteiger partial charge < -0.3 is 14.4 Å². The molecule has 1 amide bonds. The smallest absolute Gasteiger partial charge is 0.264 e. The minimum atomic E-state index is -0.226. The summed E-state index contributed by atoms with van der Waals surface area (Å²) >= 11 is 0. The van der Waals surface area contributed by atoms with Crippen LogP contribution in [0.25, 0.3) is 6.08 Å². The van der Waals surface area contributed by atoms with E-state index in [0.717, 1.165) is 23.3 Å². The number of amides is 1. The minimum Gasteiger partial charge on any atom is -0.490 e. The Balaban J connectivity index is 1.81. The van der Waals surface area contributed by atoms with Gasteiger partial charge in [0.05, 0.1) is 13.2 Å². The summed E-state index contributed by atoms with van der Waals surface area (Å²) in [5, 5.41) is 9.30. The first-order valence-electron chi connectivity index (χ1n) is 7.46. The summed E-state index contributed by atoms with van der Waals surface area (Å²) in [7, 11) is 0.